The summed E-state index contributed by atoms with van der Waals surface area (Å²) in [6, 6.07) is 0. The molecule has 0 spiro atoms. The zero-order valence-electron chi connectivity index (χ0n) is 24.6. The number of nitrogens with zero attached hydrogens (tertiary/aromatic N) is 1. The van der Waals surface area contributed by atoms with Crippen molar-refractivity contribution in [3.63, 3.8) is 0 Å². The summed E-state index contributed by atoms with van der Waals surface area (Å²) < 4.78 is 10.3. The molecule has 1 heterocycles. The molecule has 0 amide bonds. The molecule has 9 atom stereocenters. The molecule has 4 aliphatic rings. The maximum absolute atomic E-state index is 12.7. The van der Waals surface area contributed by atoms with Crippen molar-refractivity contribution in [1.29, 1.82) is 0 Å². The van der Waals surface area contributed by atoms with Crippen LogP contribution in [0.15, 0.2) is 23.8 Å². The van der Waals surface area contributed by atoms with Crippen LogP contribution >= 0.6 is 34.7 Å². The minimum atomic E-state index is -0.446. The second-order valence-corrected chi connectivity index (χ2v) is 15.7. The Bertz CT molecular complexity index is 1130. The van der Waals surface area contributed by atoms with E-state index in [2.05, 4.69) is 64.1 Å². The van der Waals surface area contributed by atoms with Crippen LogP contribution in [0.1, 0.15) is 110 Å². The van der Waals surface area contributed by atoms with Crippen LogP contribution in [0.25, 0.3) is 0 Å². The molecule has 6 heteroatoms. The Labute approximate surface area is 250 Å². The Balaban J connectivity index is 1.27. The first-order chi connectivity index (χ1) is 18.5. The molecule has 1 aromatic rings. The Hall–Kier alpha value is -0.840. The van der Waals surface area contributed by atoms with Crippen LogP contribution in [0, 0.1) is 52.3 Å². The van der Waals surface area contributed by atoms with E-state index in [1.165, 1.54) is 44.1 Å². The molecule has 216 valence electrons. The van der Waals surface area contributed by atoms with Crippen LogP contribution in [0.4, 0.5) is 0 Å². The Morgan fingerprint density at radius 2 is 1.90 bits per heavy atom. The van der Waals surface area contributed by atoms with Crippen LogP contribution in [-0.2, 0) is 4.74 Å². The third kappa shape index (κ3) is 5.29. The fraction of sp³-hybridized carbons (Fsp3) is 0.758. The van der Waals surface area contributed by atoms with Crippen molar-refractivity contribution >= 4 is 40.7 Å². The van der Waals surface area contributed by atoms with E-state index in [9.17, 15) is 4.79 Å². The third-order valence-corrected chi connectivity index (χ3v) is 13.4. The van der Waals surface area contributed by atoms with Crippen LogP contribution in [0.2, 0.25) is 9.36 Å². The molecule has 0 aliphatic heterocycles. The lowest BCUT2D eigenvalue weighted by molar-refractivity contribution is -0.0565. The first-order valence-electron chi connectivity index (χ1n) is 15.4. The molecular weight excluding hydrogens is 545 g/mol. The largest absolute Gasteiger partial charge is 0.457 e. The van der Waals surface area contributed by atoms with Crippen molar-refractivity contribution in [1.82, 2.24) is 4.37 Å². The number of fused-ring (bicyclic) bond motifs is 5. The van der Waals surface area contributed by atoms with Crippen molar-refractivity contribution in [3.05, 3.63) is 38.9 Å². The molecule has 0 unspecified atom stereocenters. The lowest BCUT2D eigenvalue weighted by Gasteiger charge is -2.58. The van der Waals surface area contributed by atoms with Gasteiger partial charge in [0.05, 0.1) is 0 Å². The quantitative estimate of drug-likeness (QED) is 0.234. The summed E-state index contributed by atoms with van der Waals surface area (Å²) >= 11 is 13.2. The van der Waals surface area contributed by atoms with Gasteiger partial charge in [0.15, 0.2) is 5.69 Å². The molecule has 0 N–H and O–H groups in total. The summed E-state index contributed by atoms with van der Waals surface area (Å²) in [6.45, 7) is 14.7. The van der Waals surface area contributed by atoms with E-state index in [0.29, 0.717) is 27.5 Å². The van der Waals surface area contributed by atoms with E-state index in [1.807, 2.05) is 0 Å². The van der Waals surface area contributed by atoms with E-state index < -0.39 is 5.97 Å². The predicted octanol–water partition coefficient (Wildman–Crippen LogP) is 10.4. The predicted molar refractivity (Wildman–Crippen MR) is 163 cm³/mol. The van der Waals surface area contributed by atoms with Crippen LogP contribution < -0.4 is 0 Å². The van der Waals surface area contributed by atoms with Crippen molar-refractivity contribution < 1.29 is 9.53 Å². The van der Waals surface area contributed by atoms with Gasteiger partial charge in [0.2, 0.25) is 0 Å². The number of aromatic nitrogens is 1. The van der Waals surface area contributed by atoms with Gasteiger partial charge >= 0.3 is 5.97 Å². The molecule has 1 aromatic heterocycles. The second-order valence-electron chi connectivity index (χ2n) is 13.9. The van der Waals surface area contributed by atoms with Crippen molar-refractivity contribution in [2.45, 2.75) is 105 Å². The number of carbonyl (C=O) groups excluding carboxylic acids is 1. The van der Waals surface area contributed by atoms with E-state index in [-0.39, 0.29) is 22.2 Å². The van der Waals surface area contributed by atoms with Gasteiger partial charge in [-0.3, -0.25) is 0 Å². The van der Waals surface area contributed by atoms with Gasteiger partial charge in [-0.25, -0.2) is 4.79 Å². The third-order valence-electron chi connectivity index (χ3n) is 11.8. The molecule has 5 rings (SSSR count). The van der Waals surface area contributed by atoms with Crippen LogP contribution in [0.5, 0.6) is 0 Å². The van der Waals surface area contributed by atoms with E-state index in [4.69, 9.17) is 27.9 Å². The maximum Gasteiger partial charge on any atom is 0.359 e. The molecule has 39 heavy (non-hydrogen) atoms. The monoisotopic (exact) mass is 591 g/mol. The van der Waals surface area contributed by atoms with E-state index in [1.54, 1.807) is 0 Å². The van der Waals surface area contributed by atoms with E-state index in [0.717, 1.165) is 54.5 Å². The lowest BCUT2D eigenvalue weighted by atomic mass is 9.47. The highest BCUT2D eigenvalue weighted by Crippen LogP contribution is 2.67. The molecule has 3 saturated carbocycles. The fourth-order valence-electron chi connectivity index (χ4n) is 9.51. The van der Waals surface area contributed by atoms with Gasteiger partial charge in [-0.05, 0) is 115 Å². The SMILES string of the molecule is CC[C@@H](/C=C/[C@@H](C)[C@H]1CC[C@@H]2[C@@H]3CC=C4C[C@@H](OC(=O)c5nsc(Cl)c5Cl)CC[C@]4(C)[C@H]3CC[C@@]21C)C(C)C. The topological polar surface area (TPSA) is 39.2 Å². The van der Waals surface area contributed by atoms with Crippen molar-refractivity contribution in [2.75, 3.05) is 0 Å². The molecule has 0 bridgehead atoms. The first-order valence-corrected chi connectivity index (χ1v) is 16.9. The Morgan fingerprint density at radius 1 is 1.13 bits per heavy atom. The second kappa shape index (κ2) is 11.4. The maximum atomic E-state index is 12.7. The van der Waals surface area contributed by atoms with Gasteiger partial charge in [0.25, 0.3) is 0 Å². The van der Waals surface area contributed by atoms with E-state index >= 15 is 0 Å². The minimum absolute atomic E-state index is 0.111. The number of hydrogen-bond donors (Lipinski definition) is 0. The summed E-state index contributed by atoms with van der Waals surface area (Å²) in [5.41, 5.74) is 2.35. The van der Waals surface area contributed by atoms with Gasteiger partial charge in [-0.15, -0.1) is 0 Å². The van der Waals surface area contributed by atoms with Crippen LogP contribution in [-0.4, -0.2) is 16.4 Å². The van der Waals surface area contributed by atoms with Crippen LogP contribution in [0.3, 0.4) is 0 Å². The molecular formula is C33H47Cl2NO2S. The van der Waals surface area contributed by atoms with Gasteiger partial charge < -0.3 is 4.74 Å². The summed E-state index contributed by atoms with van der Waals surface area (Å²) in [6.07, 6.45) is 18.2. The molecule has 4 aliphatic carbocycles. The number of rotatable bonds is 7. The summed E-state index contributed by atoms with van der Waals surface area (Å²) in [4.78, 5) is 12.7. The van der Waals surface area contributed by atoms with Gasteiger partial charge in [-0.1, -0.05) is 88.5 Å². The van der Waals surface area contributed by atoms with Gasteiger partial charge in [-0.2, -0.15) is 4.37 Å². The summed E-state index contributed by atoms with van der Waals surface area (Å²) in [5, 5.41) is 0.210. The first kappa shape index (κ1) is 29.6. The molecule has 3 fully saturated rings. The van der Waals surface area contributed by atoms with Crippen molar-refractivity contribution in [3.8, 4) is 0 Å². The number of carbonyl (C=O) groups is 1. The number of allylic oxidation sites excluding steroid dienone is 3. The Morgan fingerprint density at radius 3 is 2.56 bits per heavy atom. The average molecular weight is 593 g/mol. The highest BCUT2D eigenvalue weighted by atomic mass is 35.5. The number of ether oxygens (including phenoxy) is 1. The Kier molecular flexibility index (Phi) is 8.70. The average Bonchev–Trinajstić information content (AvgIpc) is 3.42. The van der Waals surface area contributed by atoms with Crippen molar-refractivity contribution in [2.24, 2.45) is 52.3 Å². The molecule has 3 nitrogen and oxygen atoms in total. The molecule has 0 aromatic carbocycles. The number of esters is 1. The zero-order valence-corrected chi connectivity index (χ0v) is 27.0. The molecule has 0 saturated heterocycles. The van der Waals surface area contributed by atoms with Gasteiger partial charge in [0, 0.05) is 6.42 Å². The standard InChI is InChI=1S/C33H47Cl2NO2S/c1-7-21(19(2)3)9-8-20(4)25-12-13-26-24-11-10-22-18-23(38-31(37)29-28(34)30(35)39-36-29)14-16-32(22,5)27(24)15-17-33(25,26)6/h8-10,19-21,23-27H,7,11-18H2,1-6H3/b9-8+/t20-,21+,23+,24+,25-,26-,27+,32+,33-/m1/s1. The smallest absolute Gasteiger partial charge is 0.359 e. The normalized spacial score (nSPS) is 37.7. The lowest BCUT2D eigenvalue weighted by Crippen LogP contribution is -2.51. The molecule has 0 radical (unpaired) electrons. The fourth-order valence-corrected chi connectivity index (χ4v) is 10.5. The summed E-state index contributed by atoms with van der Waals surface area (Å²) in [5.74, 6) is 4.77. The highest BCUT2D eigenvalue weighted by molar-refractivity contribution is 7.11. The number of halogens is 2. The summed E-state index contributed by atoms with van der Waals surface area (Å²) in [7, 11) is 0. The zero-order chi connectivity index (χ0) is 28.1. The highest BCUT2D eigenvalue weighted by Gasteiger charge is 2.59. The number of hydrogen-bond acceptors (Lipinski definition) is 4. The minimum Gasteiger partial charge on any atom is -0.457 e. The van der Waals surface area contributed by atoms with Gasteiger partial charge in [0.1, 0.15) is 15.5 Å².